The van der Waals surface area contributed by atoms with Gasteiger partial charge in [-0.15, -0.1) is 0 Å². The maximum Gasteiger partial charge on any atom is 0.150 e. The van der Waals surface area contributed by atoms with Crippen LogP contribution in [0, 0.1) is 5.92 Å². The molecule has 2 rings (SSSR count). The van der Waals surface area contributed by atoms with Crippen LogP contribution < -0.4 is 0 Å². The van der Waals surface area contributed by atoms with Gasteiger partial charge in [0.25, 0.3) is 0 Å². The van der Waals surface area contributed by atoms with E-state index in [0.29, 0.717) is 5.92 Å². The highest BCUT2D eigenvalue weighted by molar-refractivity contribution is 7.99. The van der Waals surface area contributed by atoms with Gasteiger partial charge in [-0.1, -0.05) is 31.2 Å². The predicted octanol–water partition coefficient (Wildman–Crippen LogP) is 3.75. The average molecular weight is 234 g/mol. The Labute approximate surface area is 102 Å². The fraction of sp³-hybridized carbons (Fsp3) is 0.500. The van der Waals surface area contributed by atoms with E-state index in [4.69, 9.17) is 0 Å². The average Bonchev–Trinajstić information content (AvgIpc) is 2.39. The number of carbonyl (C=O) groups is 1. The minimum atomic E-state index is 0.516. The molecule has 0 radical (unpaired) electrons. The second kappa shape index (κ2) is 5.53. The third-order valence-corrected chi connectivity index (χ3v) is 4.64. The van der Waals surface area contributed by atoms with E-state index in [9.17, 15) is 4.79 Å². The van der Waals surface area contributed by atoms with Crippen LogP contribution in [0.25, 0.3) is 0 Å². The lowest BCUT2D eigenvalue weighted by Gasteiger charge is -2.28. The highest BCUT2D eigenvalue weighted by Crippen LogP contribution is 2.35. The summed E-state index contributed by atoms with van der Waals surface area (Å²) in [4.78, 5) is 11.0. The van der Waals surface area contributed by atoms with Gasteiger partial charge in [-0.3, -0.25) is 4.79 Å². The largest absolute Gasteiger partial charge is 0.298 e. The fourth-order valence-electron chi connectivity index (χ4n) is 2.50. The van der Waals surface area contributed by atoms with E-state index < -0.39 is 0 Å². The number of carbonyl (C=O) groups excluding carboxylic acids is 1. The van der Waals surface area contributed by atoms with E-state index in [2.05, 4.69) is 24.8 Å². The molecule has 1 aromatic carbocycles. The molecule has 0 N–H and O–H groups in total. The predicted molar refractivity (Wildman–Crippen MR) is 70.3 cm³/mol. The molecule has 1 aliphatic heterocycles. The Balaban J connectivity index is 2.18. The Morgan fingerprint density at radius 2 is 2.00 bits per heavy atom. The third kappa shape index (κ3) is 2.49. The smallest absolute Gasteiger partial charge is 0.150 e. The molecular formula is C14H18OS. The lowest BCUT2D eigenvalue weighted by atomic mass is 9.82. The van der Waals surface area contributed by atoms with Gasteiger partial charge in [0.15, 0.2) is 0 Å². The molecule has 0 spiro atoms. The summed E-state index contributed by atoms with van der Waals surface area (Å²) < 4.78 is 0. The number of aldehydes is 1. The van der Waals surface area contributed by atoms with Crippen LogP contribution in [0.2, 0.25) is 0 Å². The van der Waals surface area contributed by atoms with Crippen molar-refractivity contribution >= 4 is 18.0 Å². The van der Waals surface area contributed by atoms with Gasteiger partial charge in [-0.2, -0.15) is 11.8 Å². The lowest BCUT2D eigenvalue weighted by molar-refractivity contribution is 0.112. The molecule has 2 heteroatoms. The summed E-state index contributed by atoms with van der Waals surface area (Å²) in [6.45, 7) is 2.27. The van der Waals surface area contributed by atoms with Gasteiger partial charge in [0, 0.05) is 5.56 Å². The molecule has 16 heavy (non-hydrogen) atoms. The van der Waals surface area contributed by atoms with Crippen LogP contribution in [0.5, 0.6) is 0 Å². The summed E-state index contributed by atoms with van der Waals surface area (Å²) in [5.41, 5.74) is 2.10. The second-order valence-corrected chi connectivity index (χ2v) is 5.71. The van der Waals surface area contributed by atoms with Gasteiger partial charge in [0.2, 0.25) is 0 Å². The van der Waals surface area contributed by atoms with E-state index in [0.717, 1.165) is 17.8 Å². The minimum Gasteiger partial charge on any atom is -0.298 e. The molecule has 0 aliphatic carbocycles. The zero-order valence-corrected chi connectivity index (χ0v) is 10.5. The minimum absolute atomic E-state index is 0.516. The van der Waals surface area contributed by atoms with Gasteiger partial charge in [0.1, 0.15) is 6.29 Å². The van der Waals surface area contributed by atoms with Crippen molar-refractivity contribution in [3.63, 3.8) is 0 Å². The number of benzene rings is 1. The Morgan fingerprint density at radius 3 is 2.69 bits per heavy atom. The highest BCUT2D eigenvalue weighted by atomic mass is 32.2. The van der Waals surface area contributed by atoms with Gasteiger partial charge < -0.3 is 0 Å². The number of rotatable bonds is 3. The van der Waals surface area contributed by atoms with Gasteiger partial charge in [0.05, 0.1) is 0 Å². The molecule has 1 fully saturated rings. The SMILES string of the molecule is CC(c1ccccc1C=O)C1CCSCC1. The van der Waals surface area contributed by atoms with Crippen molar-refractivity contribution in [2.24, 2.45) is 5.92 Å². The molecular weight excluding hydrogens is 216 g/mol. The van der Waals surface area contributed by atoms with E-state index in [1.54, 1.807) is 0 Å². The van der Waals surface area contributed by atoms with Crippen molar-refractivity contribution in [3.8, 4) is 0 Å². The first-order valence-electron chi connectivity index (χ1n) is 5.94. The van der Waals surface area contributed by atoms with Crippen LogP contribution in [0.1, 0.15) is 41.6 Å². The van der Waals surface area contributed by atoms with Crippen LogP contribution in [0.15, 0.2) is 24.3 Å². The summed E-state index contributed by atoms with van der Waals surface area (Å²) in [7, 11) is 0. The van der Waals surface area contributed by atoms with Crippen molar-refractivity contribution in [1.29, 1.82) is 0 Å². The van der Waals surface area contributed by atoms with Crippen LogP contribution in [-0.2, 0) is 0 Å². The van der Waals surface area contributed by atoms with Gasteiger partial charge in [-0.25, -0.2) is 0 Å². The van der Waals surface area contributed by atoms with E-state index >= 15 is 0 Å². The van der Waals surface area contributed by atoms with Crippen molar-refractivity contribution in [3.05, 3.63) is 35.4 Å². The van der Waals surface area contributed by atoms with Crippen LogP contribution >= 0.6 is 11.8 Å². The molecule has 1 unspecified atom stereocenters. The first-order valence-corrected chi connectivity index (χ1v) is 7.10. The van der Waals surface area contributed by atoms with Crippen molar-refractivity contribution in [1.82, 2.24) is 0 Å². The maximum atomic E-state index is 11.0. The molecule has 1 heterocycles. The zero-order chi connectivity index (χ0) is 11.4. The maximum absolute atomic E-state index is 11.0. The summed E-state index contributed by atoms with van der Waals surface area (Å²) in [5.74, 6) is 3.82. The molecule has 0 amide bonds. The first kappa shape index (κ1) is 11.7. The molecule has 0 aromatic heterocycles. The molecule has 86 valence electrons. The van der Waals surface area contributed by atoms with Crippen LogP contribution in [0.3, 0.4) is 0 Å². The lowest BCUT2D eigenvalue weighted by Crippen LogP contribution is -2.17. The van der Waals surface area contributed by atoms with Crippen LogP contribution in [-0.4, -0.2) is 17.8 Å². The molecule has 1 saturated heterocycles. The molecule has 1 atom stereocenters. The zero-order valence-electron chi connectivity index (χ0n) is 9.69. The topological polar surface area (TPSA) is 17.1 Å². The molecule has 1 nitrogen and oxygen atoms in total. The Morgan fingerprint density at radius 1 is 1.31 bits per heavy atom. The van der Waals surface area contributed by atoms with Crippen molar-refractivity contribution < 1.29 is 4.79 Å². The first-order chi connectivity index (χ1) is 7.83. The Kier molecular flexibility index (Phi) is 4.05. The monoisotopic (exact) mass is 234 g/mol. The number of thioether (sulfide) groups is 1. The van der Waals surface area contributed by atoms with Crippen molar-refractivity contribution in [2.75, 3.05) is 11.5 Å². The summed E-state index contributed by atoms with van der Waals surface area (Å²) in [6, 6.07) is 8.01. The Bertz CT molecular complexity index is 356. The van der Waals surface area contributed by atoms with Crippen LogP contribution in [0.4, 0.5) is 0 Å². The van der Waals surface area contributed by atoms with Crippen molar-refractivity contribution in [2.45, 2.75) is 25.7 Å². The molecule has 0 bridgehead atoms. The Hall–Kier alpha value is -0.760. The van der Waals surface area contributed by atoms with Gasteiger partial charge in [-0.05, 0) is 41.7 Å². The number of hydrogen-bond donors (Lipinski definition) is 0. The highest BCUT2D eigenvalue weighted by Gasteiger charge is 2.22. The number of hydrogen-bond acceptors (Lipinski definition) is 2. The third-order valence-electron chi connectivity index (χ3n) is 3.59. The van der Waals surface area contributed by atoms with E-state index in [-0.39, 0.29) is 0 Å². The summed E-state index contributed by atoms with van der Waals surface area (Å²) >= 11 is 2.05. The summed E-state index contributed by atoms with van der Waals surface area (Å²) in [6.07, 6.45) is 3.57. The van der Waals surface area contributed by atoms with Gasteiger partial charge >= 0.3 is 0 Å². The molecule has 0 saturated carbocycles. The molecule has 1 aromatic rings. The standard InChI is InChI=1S/C14H18OS/c1-11(12-6-8-16-9-7-12)14-5-3-2-4-13(14)10-15/h2-5,10-12H,6-9H2,1H3. The van der Waals surface area contributed by atoms with E-state index in [1.165, 1.54) is 29.9 Å². The molecule has 1 aliphatic rings. The quantitative estimate of drug-likeness (QED) is 0.741. The normalized spacial score (nSPS) is 19.3. The second-order valence-electron chi connectivity index (χ2n) is 4.49. The fourth-order valence-corrected chi connectivity index (χ4v) is 3.65. The van der Waals surface area contributed by atoms with E-state index in [1.807, 2.05) is 18.2 Å². The summed E-state index contributed by atoms with van der Waals surface area (Å²) in [5, 5.41) is 0.